The van der Waals surface area contributed by atoms with Crippen molar-refractivity contribution in [1.82, 2.24) is 0 Å². The number of benzene rings is 1. The highest BCUT2D eigenvalue weighted by molar-refractivity contribution is 5.92. The molecule has 0 saturated heterocycles. The molecule has 2 rings (SSSR count). The zero-order valence-corrected chi connectivity index (χ0v) is 22.7. The van der Waals surface area contributed by atoms with Crippen molar-refractivity contribution in [1.29, 1.82) is 0 Å². The maximum atomic E-state index is 12.5. The molecule has 0 aromatic heterocycles. The molecule has 0 fully saturated rings. The van der Waals surface area contributed by atoms with Crippen LogP contribution in [-0.2, 0) is 19.8 Å². The maximum absolute atomic E-state index is 12.5. The van der Waals surface area contributed by atoms with E-state index in [0.29, 0.717) is 18.1 Å². The Morgan fingerprint density at radius 2 is 1.89 bits per heavy atom. The summed E-state index contributed by atoms with van der Waals surface area (Å²) in [5.74, 6) is -2.09. The SMILES string of the molecule is C=C(C)[C@@H]1CCC(C)=C[C@H]1c1c(O)cc(C(C)(C)CCCCCCO[N+](=O)[O-])cc1OC(=O)/C=C\C(=O)O. The smallest absolute Gasteiger partial charge is 0.336 e. The first-order chi connectivity index (χ1) is 17.8. The highest BCUT2D eigenvalue weighted by Gasteiger charge is 2.33. The van der Waals surface area contributed by atoms with E-state index in [-0.39, 0.29) is 35.4 Å². The van der Waals surface area contributed by atoms with E-state index in [4.69, 9.17) is 9.84 Å². The van der Waals surface area contributed by atoms with Gasteiger partial charge in [0, 0.05) is 23.6 Å². The summed E-state index contributed by atoms with van der Waals surface area (Å²) in [6, 6.07) is 3.48. The highest BCUT2D eigenvalue weighted by atomic mass is 16.9. The van der Waals surface area contributed by atoms with Gasteiger partial charge in [0.05, 0.1) is 6.61 Å². The summed E-state index contributed by atoms with van der Waals surface area (Å²) in [5, 5.41) is 29.6. The van der Waals surface area contributed by atoms with Crippen LogP contribution in [0.25, 0.3) is 0 Å². The standard InChI is InChI=1S/C29H39NO8/c1-19(2)22-11-10-20(3)16-23(22)28-24(31)17-21(18-25(28)38-27(34)13-12-26(32)33)29(4,5)14-8-6-7-9-15-37-30(35)36/h12-13,16-18,22-23,31H,1,6-11,14-15H2,2-5H3,(H,32,33)/b13-12-/t22-,23+/m0/s1. The third-order valence-corrected chi connectivity index (χ3v) is 7.08. The normalized spacial score (nSPS) is 17.6. The van der Waals surface area contributed by atoms with Gasteiger partial charge in [-0.05, 0) is 68.6 Å². The molecule has 38 heavy (non-hydrogen) atoms. The molecule has 1 aliphatic rings. The van der Waals surface area contributed by atoms with Crippen molar-refractivity contribution in [3.63, 3.8) is 0 Å². The molecule has 2 atom stereocenters. The van der Waals surface area contributed by atoms with Crippen molar-refractivity contribution >= 4 is 11.9 Å². The summed E-state index contributed by atoms with van der Waals surface area (Å²) in [7, 11) is 0. The number of nitrogens with zero attached hydrogens (tertiary/aromatic N) is 1. The van der Waals surface area contributed by atoms with Gasteiger partial charge in [0.25, 0.3) is 5.09 Å². The molecular formula is C29H39NO8. The molecule has 0 radical (unpaired) electrons. The number of esters is 1. The number of carbonyl (C=O) groups excluding carboxylic acids is 1. The zero-order chi connectivity index (χ0) is 28.5. The van der Waals surface area contributed by atoms with Gasteiger partial charge in [0.2, 0.25) is 0 Å². The van der Waals surface area contributed by atoms with Crippen molar-refractivity contribution in [2.75, 3.05) is 6.61 Å². The predicted molar refractivity (Wildman–Crippen MR) is 144 cm³/mol. The topological polar surface area (TPSA) is 136 Å². The third kappa shape index (κ3) is 9.04. The number of aromatic hydroxyl groups is 1. The van der Waals surface area contributed by atoms with Crippen LogP contribution in [0.4, 0.5) is 0 Å². The largest absolute Gasteiger partial charge is 0.507 e. The van der Waals surface area contributed by atoms with E-state index in [1.165, 1.54) is 5.57 Å². The molecule has 0 bridgehead atoms. The van der Waals surface area contributed by atoms with Crippen molar-refractivity contribution in [2.24, 2.45) is 5.92 Å². The number of allylic oxidation sites excluding steroid dienone is 3. The number of carboxylic acids is 1. The molecule has 0 aliphatic heterocycles. The quantitative estimate of drug-likeness (QED) is 0.0538. The van der Waals surface area contributed by atoms with E-state index in [1.54, 1.807) is 12.1 Å². The Hall–Kier alpha value is -3.62. The second kappa shape index (κ2) is 13.8. The zero-order valence-electron chi connectivity index (χ0n) is 22.7. The van der Waals surface area contributed by atoms with Crippen LogP contribution in [0.3, 0.4) is 0 Å². The van der Waals surface area contributed by atoms with E-state index in [9.17, 15) is 24.8 Å². The number of rotatable bonds is 14. The minimum absolute atomic E-state index is 0.0136. The minimum atomic E-state index is -1.27. The molecule has 0 heterocycles. The van der Waals surface area contributed by atoms with Gasteiger partial charge in [-0.2, -0.15) is 0 Å². The lowest BCUT2D eigenvalue weighted by Gasteiger charge is -2.33. The number of unbranched alkanes of at least 4 members (excludes halogenated alkanes) is 3. The van der Waals surface area contributed by atoms with Crippen LogP contribution < -0.4 is 4.74 Å². The van der Waals surface area contributed by atoms with Crippen LogP contribution in [0.5, 0.6) is 11.5 Å². The van der Waals surface area contributed by atoms with Gasteiger partial charge in [-0.1, -0.05) is 56.9 Å². The first-order valence-electron chi connectivity index (χ1n) is 12.9. The van der Waals surface area contributed by atoms with E-state index < -0.39 is 17.0 Å². The molecule has 9 heteroatoms. The van der Waals surface area contributed by atoms with Crippen molar-refractivity contribution in [3.8, 4) is 11.5 Å². The molecule has 0 unspecified atom stereocenters. The molecule has 0 amide bonds. The molecule has 1 aliphatic carbocycles. The molecule has 208 valence electrons. The average Bonchev–Trinajstić information content (AvgIpc) is 2.81. The van der Waals surface area contributed by atoms with Gasteiger partial charge >= 0.3 is 11.9 Å². The molecule has 0 spiro atoms. The fourth-order valence-electron chi connectivity index (χ4n) is 4.92. The molecule has 0 saturated carbocycles. The van der Waals surface area contributed by atoms with Crippen LogP contribution >= 0.6 is 0 Å². The summed E-state index contributed by atoms with van der Waals surface area (Å²) < 4.78 is 5.64. The lowest BCUT2D eigenvalue weighted by molar-refractivity contribution is -0.757. The first-order valence-corrected chi connectivity index (χ1v) is 12.9. The molecule has 1 aromatic carbocycles. The Kier molecular flexibility index (Phi) is 11.1. The van der Waals surface area contributed by atoms with Gasteiger partial charge in [-0.3, -0.25) is 0 Å². The number of phenolic OH excluding ortho intramolecular Hbond substituents is 1. The van der Waals surface area contributed by atoms with E-state index in [2.05, 4.69) is 17.5 Å². The number of aliphatic carboxylic acids is 1. The number of carboxylic acid groups (broad SMARTS) is 1. The average molecular weight is 530 g/mol. The van der Waals surface area contributed by atoms with Crippen LogP contribution in [0.15, 0.2) is 48.1 Å². The number of ether oxygens (including phenoxy) is 1. The second-order valence-electron chi connectivity index (χ2n) is 10.6. The Balaban J connectivity index is 2.36. The van der Waals surface area contributed by atoms with E-state index in [0.717, 1.165) is 55.7 Å². The van der Waals surface area contributed by atoms with Crippen LogP contribution in [0.1, 0.15) is 89.7 Å². The molecule has 9 nitrogen and oxygen atoms in total. The lowest BCUT2D eigenvalue weighted by atomic mass is 9.72. The van der Waals surface area contributed by atoms with Gasteiger partial charge in [0.1, 0.15) is 11.5 Å². The van der Waals surface area contributed by atoms with Gasteiger partial charge in [0.15, 0.2) is 0 Å². The number of phenols is 1. The number of hydrogen-bond acceptors (Lipinski definition) is 7. The van der Waals surface area contributed by atoms with Crippen molar-refractivity contribution in [2.45, 2.75) is 84.0 Å². The Morgan fingerprint density at radius 3 is 2.53 bits per heavy atom. The summed E-state index contributed by atoms with van der Waals surface area (Å²) in [5.41, 5.74) is 3.03. The van der Waals surface area contributed by atoms with Crippen LogP contribution in [0.2, 0.25) is 0 Å². The monoisotopic (exact) mass is 529 g/mol. The molecule has 1 aromatic rings. The van der Waals surface area contributed by atoms with E-state index in [1.807, 2.05) is 27.7 Å². The highest BCUT2D eigenvalue weighted by Crippen LogP contribution is 2.48. The van der Waals surface area contributed by atoms with Gasteiger partial charge in [-0.25, -0.2) is 9.59 Å². The summed E-state index contributed by atoms with van der Waals surface area (Å²) in [4.78, 5) is 38.0. The summed E-state index contributed by atoms with van der Waals surface area (Å²) in [6.45, 7) is 12.3. The Labute approximate surface area is 223 Å². The van der Waals surface area contributed by atoms with Crippen molar-refractivity contribution in [3.05, 3.63) is 69.3 Å². The lowest BCUT2D eigenvalue weighted by Crippen LogP contribution is -2.21. The van der Waals surface area contributed by atoms with E-state index >= 15 is 0 Å². The fraction of sp³-hybridized carbons (Fsp3) is 0.517. The van der Waals surface area contributed by atoms with Gasteiger partial charge in [-0.15, -0.1) is 10.1 Å². The third-order valence-electron chi connectivity index (χ3n) is 7.08. The summed E-state index contributed by atoms with van der Waals surface area (Å²) >= 11 is 0. The Morgan fingerprint density at radius 1 is 1.21 bits per heavy atom. The fourth-order valence-corrected chi connectivity index (χ4v) is 4.92. The van der Waals surface area contributed by atoms with Crippen LogP contribution in [-0.4, -0.2) is 33.8 Å². The maximum Gasteiger partial charge on any atom is 0.336 e. The molecular weight excluding hydrogens is 490 g/mol. The van der Waals surface area contributed by atoms with Crippen molar-refractivity contribution < 1.29 is 34.5 Å². The number of carbonyl (C=O) groups is 2. The Bertz CT molecular complexity index is 1100. The minimum Gasteiger partial charge on any atom is -0.507 e. The van der Waals surface area contributed by atoms with Gasteiger partial charge < -0.3 is 19.8 Å². The molecule has 2 N–H and O–H groups in total. The number of hydrogen-bond donors (Lipinski definition) is 2. The summed E-state index contributed by atoms with van der Waals surface area (Å²) in [6.07, 6.45) is 9.29. The first kappa shape index (κ1) is 30.6. The van der Waals surface area contributed by atoms with Crippen LogP contribution in [0, 0.1) is 16.0 Å². The second-order valence-corrected chi connectivity index (χ2v) is 10.6. The predicted octanol–water partition coefficient (Wildman–Crippen LogP) is 6.39.